The van der Waals surface area contributed by atoms with Crippen molar-refractivity contribution in [2.75, 3.05) is 0 Å². The Morgan fingerprint density at radius 1 is 1.35 bits per heavy atom. The lowest BCUT2D eigenvalue weighted by Crippen LogP contribution is -2.03. The quantitative estimate of drug-likeness (QED) is 0.848. The third-order valence-electron chi connectivity index (χ3n) is 2.36. The molecule has 0 radical (unpaired) electrons. The second kappa shape index (κ2) is 4.39. The van der Waals surface area contributed by atoms with E-state index in [9.17, 15) is 9.90 Å². The smallest absolute Gasteiger partial charge is 0.341 e. The van der Waals surface area contributed by atoms with Gasteiger partial charge < -0.3 is 14.7 Å². The predicted molar refractivity (Wildman–Crippen MR) is 59.5 cm³/mol. The first-order chi connectivity index (χ1) is 8.11. The molecule has 0 aliphatic heterocycles. The van der Waals surface area contributed by atoms with Gasteiger partial charge in [0.2, 0.25) is 0 Å². The molecule has 1 atom stereocenters. The summed E-state index contributed by atoms with van der Waals surface area (Å²) in [6, 6.07) is 8.83. The van der Waals surface area contributed by atoms with Crippen molar-refractivity contribution in [1.82, 2.24) is 5.16 Å². The number of carboxylic acid groups (broad SMARTS) is 1. The van der Waals surface area contributed by atoms with Crippen LogP contribution >= 0.6 is 0 Å². The number of aliphatic hydroxyl groups is 1. The fraction of sp³-hybridized carbons (Fsp3) is 0.167. The maximum atomic E-state index is 11.2. The highest BCUT2D eigenvalue weighted by atomic mass is 16.5. The summed E-state index contributed by atoms with van der Waals surface area (Å²) < 4.78 is 4.89. The van der Waals surface area contributed by atoms with Crippen molar-refractivity contribution in [3.05, 3.63) is 41.7 Å². The van der Waals surface area contributed by atoms with Crippen LogP contribution in [0.4, 0.5) is 0 Å². The van der Waals surface area contributed by atoms with E-state index in [1.54, 1.807) is 24.3 Å². The molecular formula is C12H11NO4. The summed E-state index contributed by atoms with van der Waals surface area (Å²) in [7, 11) is 0. The Morgan fingerprint density at radius 2 is 2.00 bits per heavy atom. The van der Waals surface area contributed by atoms with E-state index < -0.39 is 12.1 Å². The second-order valence-electron chi connectivity index (χ2n) is 3.62. The summed E-state index contributed by atoms with van der Waals surface area (Å²) in [6.45, 7) is 1.43. The van der Waals surface area contributed by atoms with Gasteiger partial charge in [-0.25, -0.2) is 4.79 Å². The second-order valence-corrected chi connectivity index (χ2v) is 3.62. The first-order valence-corrected chi connectivity index (χ1v) is 5.07. The molecule has 2 aromatic rings. The third-order valence-corrected chi connectivity index (χ3v) is 2.36. The predicted octanol–water partition coefficient (Wildman–Crippen LogP) is 2.09. The molecule has 1 aromatic heterocycles. The normalized spacial score (nSPS) is 12.4. The van der Waals surface area contributed by atoms with E-state index in [4.69, 9.17) is 9.63 Å². The van der Waals surface area contributed by atoms with Gasteiger partial charge >= 0.3 is 5.97 Å². The molecule has 17 heavy (non-hydrogen) atoms. The van der Waals surface area contributed by atoms with Gasteiger partial charge in [-0.15, -0.1) is 0 Å². The van der Waals surface area contributed by atoms with E-state index in [1.165, 1.54) is 6.92 Å². The number of hydrogen-bond donors (Lipinski definition) is 2. The molecule has 0 spiro atoms. The van der Waals surface area contributed by atoms with Gasteiger partial charge in [-0.2, -0.15) is 0 Å². The molecule has 0 fully saturated rings. The summed E-state index contributed by atoms with van der Waals surface area (Å²) >= 11 is 0. The summed E-state index contributed by atoms with van der Waals surface area (Å²) in [5.41, 5.74) is 0.778. The SMILES string of the molecule is CC(O)c1onc(-c2ccccc2)c1C(=O)O. The van der Waals surface area contributed by atoms with Crippen LogP contribution < -0.4 is 0 Å². The van der Waals surface area contributed by atoms with E-state index >= 15 is 0 Å². The van der Waals surface area contributed by atoms with Crippen molar-refractivity contribution in [2.45, 2.75) is 13.0 Å². The fourth-order valence-electron chi connectivity index (χ4n) is 1.59. The molecule has 5 nitrogen and oxygen atoms in total. The van der Waals surface area contributed by atoms with Crippen LogP contribution in [0.3, 0.4) is 0 Å². The molecule has 0 saturated heterocycles. The van der Waals surface area contributed by atoms with Gasteiger partial charge in [-0.05, 0) is 6.92 Å². The number of aliphatic hydroxyl groups excluding tert-OH is 1. The molecule has 2 rings (SSSR count). The molecule has 1 heterocycles. The molecule has 0 amide bonds. The van der Waals surface area contributed by atoms with Crippen molar-refractivity contribution < 1.29 is 19.5 Å². The number of carbonyl (C=O) groups is 1. The van der Waals surface area contributed by atoms with Crippen molar-refractivity contribution in [3.63, 3.8) is 0 Å². The molecule has 0 bridgehead atoms. The molecule has 0 aliphatic carbocycles. The molecule has 88 valence electrons. The molecule has 2 N–H and O–H groups in total. The summed E-state index contributed by atoms with van der Waals surface area (Å²) in [4.78, 5) is 11.2. The third kappa shape index (κ3) is 2.05. The van der Waals surface area contributed by atoms with Crippen LogP contribution in [-0.4, -0.2) is 21.3 Å². The maximum Gasteiger partial charge on any atom is 0.341 e. The topological polar surface area (TPSA) is 83.6 Å². The highest BCUT2D eigenvalue weighted by molar-refractivity contribution is 5.95. The van der Waals surface area contributed by atoms with Gasteiger partial charge in [0.15, 0.2) is 5.76 Å². The van der Waals surface area contributed by atoms with Gasteiger partial charge in [0, 0.05) is 5.56 Å². The molecule has 0 saturated carbocycles. The average Bonchev–Trinajstić information content (AvgIpc) is 2.74. The number of hydrogen-bond acceptors (Lipinski definition) is 4. The number of nitrogens with zero attached hydrogens (tertiary/aromatic N) is 1. The van der Waals surface area contributed by atoms with E-state index in [-0.39, 0.29) is 17.0 Å². The Kier molecular flexibility index (Phi) is 2.93. The lowest BCUT2D eigenvalue weighted by Gasteiger charge is -2.01. The summed E-state index contributed by atoms with van der Waals surface area (Å²) in [5.74, 6) is -1.20. The zero-order valence-electron chi connectivity index (χ0n) is 9.12. The zero-order valence-corrected chi connectivity index (χ0v) is 9.12. The first kappa shape index (κ1) is 11.3. The molecule has 1 unspecified atom stereocenters. The highest BCUT2D eigenvalue weighted by Gasteiger charge is 2.25. The van der Waals surface area contributed by atoms with E-state index in [1.807, 2.05) is 6.07 Å². The van der Waals surface area contributed by atoms with E-state index in [2.05, 4.69) is 5.16 Å². The standard InChI is InChI=1S/C12H11NO4/c1-7(14)11-9(12(15)16)10(13-17-11)8-5-3-2-4-6-8/h2-7,14H,1H3,(H,15,16). The Bertz CT molecular complexity index is 531. The Hall–Kier alpha value is -2.14. The minimum Gasteiger partial charge on any atom is -0.477 e. The van der Waals surface area contributed by atoms with Crippen LogP contribution in [0, 0.1) is 0 Å². The molecule has 1 aromatic carbocycles. The van der Waals surface area contributed by atoms with Crippen LogP contribution in [-0.2, 0) is 0 Å². The summed E-state index contributed by atoms with van der Waals surface area (Å²) in [5, 5.41) is 22.3. The van der Waals surface area contributed by atoms with Crippen LogP contribution in [0.5, 0.6) is 0 Å². The average molecular weight is 233 g/mol. The van der Waals surface area contributed by atoms with Crippen molar-refractivity contribution in [2.24, 2.45) is 0 Å². The minimum absolute atomic E-state index is 0.0312. The van der Waals surface area contributed by atoms with Gasteiger partial charge in [0.25, 0.3) is 0 Å². The molecule has 5 heteroatoms. The number of carboxylic acids is 1. The Morgan fingerprint density at radius 3 is 2.53 bits per heavy atom. The summed E-state index contributed by atoms with van der Waals surface area (Å²) in [6.07, 6.45) is -1.01. The van der Waals surface area contributed by atoms with E-state index in [0.29, 0.717) is 5.56 Å². The Balaban J connectivity index is 2.60. The molecular weight excluding hydrogens is 222 g/mol. The fourth-order valence-corrected chi connectivity index (χ4v) is 1.59. The maximum absolute atomic E-state index is 11.2. The lowest BCUT2D eigenvalue weighted by atomic mass is 10.0. The van der Waals surface area contributed by atoms with Crippen molar-refractivity contribution >= 4 is 5.97 Å². The van der Waals surface area contributed by atoms with Gasteiger partial charge in [0.05, 0.1) is 0 Å². The van der Waals surface area contributed by atoms with Gasteiger partial charge in [-0.1, -0.05) is 35.5 Å². The number of aromatic carboxylic acids is 1. The highest BCUT2D eigenvalue weighted by Crippen LogP contribution is 2.28. The van der Waals surface area contributed by atoms with Crippen molar-refractivity contribution in [3.8, 4) is 11.3 Å². The van der Waals surface area contributed by atoms with Gasteiger partial charge in [-0.3, -0.25) is 0 Å². The minimum atomic E-state index is -1.17. The number of rotatable bonds is 3. The van der Waals surface area contributed by atoms with Crippen LogP contribution in [0.1, 0.15) is 29.1 Å². The largest absolute Gasteiger partial charge is 0.477 e. The molecule has 0 aliphatic rings. The van der Waals surface area contributed by atoms with Gasteiger partial charge in [0.1, 0.15) is 17.4 Å². The van der Waals surface area contributed by atoms with Crippen LogP contribution in [0.2, 0.25) is 0 Å². The van der Waals surface area contributed by atoms with Crippen LogP contribution in [0.25, 0.3) is 11.3 Å². The van der Waals surface area contributed by atoms with E-state index in [0.717, 1.165) is 0 Å². The van der Waals surface area contributed by atoms with Crippen LogP contribution in [0.15, 0.2) is 34.9 Å². The lowest BCUT2D eigenvalue weighted by molar-refractivity contribution is 0.0685. The number of benzene rings is 1. The Labute approximate surface area is 97.3 Å². The monoisotopic (exact) mass is 233 g/mol. The van der Waals surface area contributed by atoms with Crippen molar-refractivity contribution in [1.29, 1.82) is 0 Å². The number of aromatic nitrogens is 1. The first-order valence-electron chi connectivity index (χ1n) is 5.07. The zero-order chi connectivity index (χ0) is 12.4.